The number of nitrogens with zero attached hydrogens (tertiary/aromatic N) is 5. The van der Waals surface area contributed by atoms with Gasteiger partial charge in [0.05, 0.1) is 12.4 Å². The van der Waals surface area contributed by atoms with Crippen molar-refractivity contribution in [3.63, 3.8) is 0 Å². The van der Waals surface area contributed by atoms with Gasteiger partial charge >= 0.3 is 0 Å². The zero-order chi connectivity index (χ0) is 23.4. The number of rotatable bonds is 9. The second-order valence-electron chi connectivity index (χ2n) is 9.34. The van der Waals surface area contributed by atoms with Crippen molar-refractivity contribution < 1.29 is 4.39 Å². The van der Waals surface area contributed by atoms with Gasteiger partial charge in [-0.25, -0.2) is 4.39 Å². The molecule has 2 heterocycles. The number of aromatic nitrogens is 4. The Balaban J connectivity index is 1.56. The lowest BCUT2D eigenvalue weighted by atomic mass is 9.98. The molecule has 3 aromatic rings. The number of halogens is 1. The molecule has 0 atom stereocenters. The minimum absolute atomic E-state index is 0.277. The number of H-pyrrole nitrogens is 1. The monoisotopic (exact) mass is 448 g/mol. The fourth-order valence-electron chi connectivity index (χ4n) is 4.42. The van der Waals surface area contributed by atoms with E-state index in [0.29, 0.717) is 11.7 Å². The maximum absolute atomic E-state index is 14.0. The van der Waals surface area contributed by atoms with Crippen LogP contribution in [-0.2, 0) is 6.54 Å². The van der Waals surface area contributed by atoms with Crippen molar-refractivity contribution >= 4 is 0 Å². The molecule has 7 heteroatoms. The fraction of sp³-hybridized carbons (Fsp3) is 0.423. The summed E-state index contributed by atoms with van der Waals surface area (Å²) in [5.41, 5.74) is 6.33. The highest BCUT2D eigenvalue weighted by molar-refractivity contribution is 5.80. The first-order chi connectivity index (χ1) is 16.0. The number of allylic oxidation sites excluding steroid dienone is 2. The summed E-state index contributed by atoms with van der Waals surface area (Å²) in [7, 11) is 0. The number of alkyl halides is 1. The normalized spacial score (nSPS) is 14.3. The van der Waals surface area contributed by atoms with E-state index in [4.69, 9.17) is 0 Å². The summed E-state index contributed by atoms with van der Waals surface area (Å²) in [6, 6.07) is 16.9. The van der Waals surface area contributed by atoms with Crippen LogP contribution in [0.3, 0.4) is 0 Å². The molecule has 1 N–H and O–H groups in total. The Morgan fingerprint density at radius 2 is 1.70 bits per heavy atom. The Bertz CT molecular complexity index is 1070. The van der Waals surface area contributed by atoms with Crippen molar-refractivity contribution in [2.45, 2.75) is 53.1 Å². The third-order valence-electron chi connectivity index (χ3n) is 6.24. The van der Waals surface area contributed by atoms with Gasteiger partial charge in [-0.2, -0.15) is 5.21 Å². The molecule has 0 amide bonds. The molecule has 0 fully saturated rings. The van der Waals surface area contributed by atoms with E-state index in [9.17, 15) is 4.39 Å². The number of hydrogen-bond acceptors (Lipinski definition) is 5. The maximum atomic E-state index is 14.0. The van der Waals surface area contributed by atoms with Gasteiger partial charge < -0.3 is 9.80 Å². The van der Waals surface area contributed by atoms with E-state index in [2.05, 4.69) is 88.5 Å². The summed E-state index contributed by atoms with van der Waals surface area (Å²) >= 11 is 0. The average Bonchev–Trinajstić information content (AvgIpc) is 3.46. The molecule has 0 bridgehead atoms. The summed E-state index contributed by atoms with van der Waals surface area (Å²) in [5, 5.41) is 14.5. The minimum Gasteiger partial charge on any atom is -0.351 e. The second kappa shape index (κ2) is 10.1. The molecule has 0 radical (unpaired) electrons. The van der Waals surface area contributed by atoms with Gasteiger partial charge in [0, 0.05) is 23.8 Å². The van der Waals surface area contributed by atoms with Gasteiger partial charge in [0.25, 0.3) is 0 Å². The molecule has 1 aliphatic heterocycles. The molecule has 1 aromatic heterocycles. The van der Waals surface area contributed by atoms with Gasteiger partial charge in [0.2, 0.25) is 5.82 Å². The van der Waals surface area contributed by atoms with Crippen LogP contribution in [0, 0.1) is 5.92 Å². The quantitative estimate of drug-likeness (QED) is 0.459. The number of aromatic amines is 1. The van der Waals surface area contributed by atoms with Crippen LogP contribution in [0.25, 0.3) is 22.5 Å². The molecule has 6 nitrogen and oxygen atoms in total. The molecule has 174 valence electrons. The summed E-state index contributed by atoms with van der Waals surface area (Å²) in [6.07, 6.45) is 1.98. The number of hydrogen-bond donors (Lipinski definition) is 1. The lowest BCUT2D eigenvalue weighted by Gasteiger charge is -2.27. The van der Waals surface area contributed by atoms with Crippen LogP contribution in [0.2, 0.25) is 0 Å². The molecule has 0 saturated heterocycles. The van der Waals surface area contributed by atoms with Crippen molar-refractivity contribution in [3.05, 3.63) is 65.5 Å². The van der Waals surface area contributed by atoms with Crippen LogP contribution in [0.5, 0.6) is 0 Å². The van der Waals surface area contributed by atoms with Crippen LogP contribution in [-0.4, -0.2) is 49.8 Å². The molecule has 2 aromatic carbocycles. The zero-order valence-corrected chi connectivity index (χ0v) is 19.9. The molecule has 0 unspecified atom stereocenters. The van der Waals surface area contributed by atoms with E-state index < -0.39 is 6.67 Å². The summed E-state index contributed by atoms with van der Waals surface area (Å²) < 4.78 is 14.0. The van der Waals surface area contributed by atoms with Gasteiger partial charge in [-0.05, 0) is 54.5 Å². The Labute approximate surface area is 195 Å². The van der Waals surface area contributed by atoms with Crippen LogP contribution >= 0.6 is 0 Å². The molecular weight excluding hydrogens is 415 g/mol. The van der Waals surface area contributed by atoms with Gasteiger partial charge in [-0.15, -0.1) is 10.2 Å². The molecule has 0 saturated carbocycles. The van der Waals surface area contributed by atoms with Crippen LogP contribution in [0.1, 0.15) is 46.1 Å². The number of benzene rings is 2. The largest absolute Gasteiger partial charge is 0.351 e. The van der Waals surface area contributed by atoms with E-state index >= 15 is 0 Å². The van der Waals surface area contributed by atoms with Gasteiger partial charge in [-0.3, -0.25) is 0 Å². The van der Waals surface area contributed by atoms with E-state index in [1.807, 2.05) is 18.2 Å². The Morgan fingerprint density at radius 3 is 2.30 bits per heavy atom. The third-order valence-corrected chi connectivity index (χ3v) is 6.24. The van der Waals surface area contributed by atoms with Crippen molar-refractivity contribution in [1.29, 1.82) is 0 Å². The van der Waals surface area contributed by atoms with Crippen molar-refractivity contribution in [2.75, 3.05) is 13.3 Å². The lowest BCUT2D eigenvalue weighted by molar-refractivity contribution is 0.199. The van der Waals surface area contributed by atoms with E-state index in [0.717, 1.165) is 54.1 Å². The van der Waals surface area contributed by atoms with Gasteiger partial charge in [0.15, 0.2) is 0 Å². The SMILES string of the molecule is CC(C)CCC1=C(CF)N(C(C)C)CN1Cc1ccc(-c2ccccc2-c2nn[nH]n2)cc1. The van der Waals surface area contributed by atoms with Crippen molar-refractivity contribution in [2.24, 2.45) is 5.92 Å². The zero-order valence-electron chi connectivity index (χ0n) is 19.9. The molecule has 4 rings (SSSR count). The molecule has 0 spiro atoms. The second-order valence-corrected chi connectivity index (χ2v) is 9.34. The Hall–Kier alpha value is -3.22. The highest BCUT2D eigenvalue weighted by Gasteiger charge is 2.30. The first-order valence-corrected chi connectivity index (χ1v) is 11.7. The van der Waals surface area contributed by atoms with Crippen molar-refractivity contribution in [1.82, 2.24) is 30.4 Å². The first-order valence-electron chi connectivity index (χ1n) is 11.7. The standard InChI is InChI=1S/C26H33FN6/c1-18(2)9-14-24-25(15-27)33(19(3)4)17-32(24)16-20-10-12-21(13-11-20)22-7-5-6-8-23(22)26-28-30-31-29-26/h5-8,10-13,18-19H,9,14-17H2,1-4H3,(H,28,29,30,31). The first kappa shape index (κ1) is 23.0. The predicted molar refractivity (Wildman–Crippen MR) is 130 cm³/mol. The average molecular weight is 449 g/mol. The third kappa shape index (κ3) is 5.07. The van der Waals surface area contributed by atoms with Gasteiger partial charge in [0.1, 0.15) is 6.67 Å². The number of nitrogens with one attached hydrogen (secondary N) is 1. The minimum atomic E-state index is -0.409. The smallest absolute Gasteiger partial charge is 0.205 e. The molecule has 0 aliphatic carbocycles. The molecule has 1 aliphatic rings. The van der Waals surface area contributed by atoms with Crippen LogP contribution in [0.4, 0.5) is 4.39 Å². The van der Waals surface area contributed by atoms with Crippen LogP contribution < -0.4 is 0 Å². The van der Waals surface area contributed by atoms with Gasteiger partial charge in [-0.1, -0.05) is 62.4 Å². The van der Waals surface area contributed by atoms with E-state index in [1.165, 1.54) is 5.56 Å². The summed E-state index contributed by atoms with van der Waals surface area (Å²) in [4.78, 5) is 4.55. The Morgan fingerprint density at radius 1 is 0.970 bits per heavy atom. The summed E-state index contributed by atoms with van der Waals surface area (Å²) in [6.45, 7) is 9.82. The summed E-state index contributed by atoms with van der Waals surface area (Å²) in [5.74, 6) is 1.17. The highest BCUT2D eigenvalue weighted by Crippen LogP contribution is 2.33. The maximum Gasteiger partial charge on any atom is 0.205 e. The lowest BCUT2D eigenvalue weighted by Crippen LogP contribution is -2.33. The fourth-order valence-corrected chi connectivity index (χ4v) is 4.42. The highest BCUT2D eigenvalue weighted by atomic mass is 19.1. The molecule has 33 heavy (non-hydrogen) atoms. The molecular formula is C26H33FN6. The van der Waals surface area contributed by atoms with E-state index in [1.54, 1.807) is 0 Å². The van der Waals surface area contributed by atoms with E-state index in [-0.39, 0.29) is 6.04 Å². The Kier molecular flexibility index (Phi) is 7.06. The predicted octanol–water partition coefficient (Wildman–Crippen LogP) is 5.63. The van der Waals surface area contributed by atoms with Crippen LogP contribution in [0.15, 0.2) is 59.9 Å². The number of tetrazole rings is 1. The van der Waals surface area contributed by atoms with Crippen molar-refractivity contribution in [3.8, 4) is 22.5 Å². The topological polar surface area (TPSA) is 60.9 Å².